The van der Waals surface area contributed by atoms with Gasteiger partial charge in [0.25, 0.3) is 0 Å². The molecule has 1 fully saturated rings. The number of nitrogens with zero attached hydrogens (tertiary/aromatic N) is 3. The summed E-state index contributed by atoms with van der Waals surface area (Å²) in [5.74, 6) is 0.788. The van der Waals surface area contributed by atoms with Crippen LogP contribution >= 0.6 is 11.6 Å². The van der Waals surface area contributed by atoms with E-state index >= 15 is 0 Å². The maximum Gasteiger partial charge on any atom is 0.224 e. The predicted octanol–water partition coefficient (Wildman–Crippen LogP) is 3.12. The second kappa shape index (κ2) is 5.31. The average molecular weight is 269 g/mol. The normalized spacial score (nSPS) is 18.9. The van der Waals surface area contributed by atoms with Crippen molar-refractivity contribution in [1.29, 1.82) is 0 Å². The van der Waals surface area contributed by atoms with Gasteiger partial charge in [-0.05, 0) is 29.9 Å². The molecule has 0 bridgehead atoms. The van der Waals surface area contributed by atoms with Gasteiger partial charge in [-0.3, -0.25) is 0 Å². The van der Waals surface area contributed by atoms with Crippen molar-refractivity contribution >= 4 is 23.1 Å². The smallest absolute Gasteiger partial charge is 0.224 e. The first kappa shape index (κ1) is 13.4. The van der Waals surface area contributed by atoms with Crippen LogP contribution in [-0.4, -0.2) is 23.1 Å². The van der Waals surface area contributed by atoms with Crippen molar-refractivity contribution in [3.63, 3.8) is 0 Å². The van der Waals surface area contributed by atoms with Crippen LogP contribution in [0.2, 0.25) is 5.28 Å². The van der Waals surface area contributed by atoms with Gasteiger partial charge in [0, 0.05) is 13.1 Å². The Kier molecular flexibility index (Phi) is 3.95. The molecule has 1 aliphatic heterocycles. The molecule has 0 amide bonds. The second-order valence-corrected chi connectivity index (χ2v) is 5.45. The Hall–Kier alpha value is -1.03. The Morgan fingerprint density at radius 2 is 1.94 bits per heavy atom. The van der Waals surface area contributed by atoms with Gasteiger partial charge in [-0.2, -0.15) is 4.98 Å². The molecule has 4 nitrogen and oxygen atoms in total. The zero-order valence-electron chi connectivity index (χ0n) is 11.1. The SMILES string of the molecule is CCC1(CC)CCN(c2nc(Cl)ncc2N)CC1. The van der Waals surface area contributed by atoms with Crippen molar-refractivity contribution in [2.24, 2.45) is 5.41 Å². The summed E-state index contributed by atoms with van der Waals surface area (Å²) in [6.07, 6.45) is 6.48. The Balaban J connectivity index is 2.12. The molecule has 2 heterocycles. The van der Waals surface area contributed by atoms with E-state index in [9.17, 15) is 0 Å². The van der Waals surface area contributed by atoms with E-state index in [2.05, 4.69) is 28.7 Å². The number of anilines is 2. The molecule has 1 saturated heterocycles. The quantitative estimate of drug-likeness (QED) is 0.856. The zero-order chi connectivity index (χ0) is 13.2. The average Bonchev–Trinajstić information content (AvgIpc) is 2.42. The van der Waals surface area contributed by atoms with Gasteiger partial charge < -0.3 is 10.6 Å². The Morgan fingerprint density at radius 3 is 2.50 bits per heavy atom. The minimum absolute atomic E-state index is 0.266. The molecule has 100 valence electrons. The highest BCUT2D eigenvalue weighted by Crippen LogP contribution is 2.39. The highest BCUT2D eigenvalue weighted by atomic mass is 35.5. The van der Waals surface area contributed by atoms with Crippen LogP contribution in [0.5, 0.6) is 0 Å². The highest BCUT2D eigenvalue weighted by molar-refractivity contribution is 6.28. The lowest BCUT2D eigenvalue weighted by atomic mass is 9.74. The lowest BCUT2D eigenvalue weighted by molar-refractivity contribution is 0.199. The number of nitrogens with two attached hydrogens (primary N) is 1. The lowest BCUT2D eigenvalue weighted by Gasteiger charge is -2.41. The number of halogens is 1. The van der Waals surface area contributed by atoms with Crippen molar-refractivity contribution in [2.45, 2.75) is 39.5 Å². The van der Waals surface area contributed by atoms with Gasteiger partial charge in [0.15, 0.2) is 5.82 Å². The van der Waals surface area contributed by atoms with Gasteiger partial charge >= 0.3 is 0 Å². The standard InChI is InChI=1S/C13H21ClN4/c1-3-13(4-2)5-7-18(8-6-13)11-10(15)9-16-12(14)17-11/h9H,3-8,15H2,1-2H3. The van der Waals surface area contributed by atoms with Crippen LogP contribution in [-0.2, 0) is 0 Å². The molecule has 18 heavy (non-hydrogen) atoms. The number of aromatic nitrogens is 2. The van der Waals surface area contributed by atoms with Crippen molar-refractivity contribution in [3.8, 4) is 0 Å². The van der Waals surface area contributed by atoms with Crippen molar-refractivity contribution in [1.82, 2.24) is 9.97 Å². The summed E-state index contributed by atoms with van der Waals surface area (Å²) in [7, 11) is 0. The summed E-state index contributed by atoms with van der Waals surface area (Å²) in [5, 5.41) is 0.266. The molecule has 0 spiro atoms. The molecule has 0 atom stereocenters. The number of piperidine rings is 1. The van der Waals surface area contributed by atoms with Gasteiger partial charge in [0.2, 0.25) is 5.28 Å². The van der Waals surface area contributed by atoms with Gasteiger partial charge in [-0.15, -0.1) is 0 Å². The first-order valence-electron chi connectivity index (χ1n) is 6.63. The fourth-order valence-corrected chi connectivity index (χ4v) is 2.89. The summed E-state index contributed by atoms with van der Waals surface area (Å²) in [5.41, 5.74) is 7.04. The van der Waals surface area contributed by atoms with E-state index in [-0.39, 0.29) is 5.28 Å². The molecule has 0 aliphatic carbocycles. The third-order valence-electron chi connectivity index (χ3n) is 4.39. The Labute approximate surface area is 114 Å². The van der Waals surface area contributed by atoms with Gasteiger partial charge in [-0.1, -0.05) is 26.7 Å². The molecule has 0 aromatic carbocycles. The maximum atomic E-state index is 5.93. The first-order valence-corrected chi connectivity index (χ1v) is 7.01. The van der Waals surface area contributed by atoms with E-state index in [1.807, 2.05) is 0 Å². The topological polar surface area (TPSA) is 55.0 Å². The van der Waals surface area contributed by atoms with E-state index in [4.69, 9.17) is 17.3 Å². The van der Waals surface area contributed by atoms with Crippen LogP contribution < -0.4 is 10.6 Å². The van der Waals surface area contributed by atoms with E-state index < -0.39 is 0 Å². The third kappa shape index (κ3) is 2.53. The summed E-state index contributed by atoms with van der Waals surface area (Å²) < 4.78 is 0. The number of hydrogen-bond donors (Lipinski definition) is 1. The van der Waals surface area contributed by atoms with Gasteiger partial charge in [0.1, 0.15) is 0 Å². The summed E-state index contributed by atoms with van der Waals surface area (Å²) in [6.45, 7) is 6.57. The predicted molar refractivity (Wildman–Crippen MR) is 75.9 cm³/mol. The molecule has 2 N–H and O–H groups in total. The highest BCUT2D eigenvalue weighted by Gasteiger charge is 2.32. The molecule has 1 aliphatic rings. The molecule has 5 heteroatoms. The van der Waals surface area contributed by atoms with Crippen LogP contribution in [0.3, 0.4) is 0 Å². The van der Waals surface area contributed by atoms with Crippen LogP contribution in [0.1, 0.15) is 39.5 Å². The van der Waals surface area contributed by atoms with Crippen molar-refractivity contribution in [3.05, 3.63) is 11.5 Å². The molecule has 1 aromatic rings. The van der Waals surface area contributed by atoms with E-state index in [1.165, 1.54) is 25.7 Å². The van der Waals surface area contributed by atoms with E-state index in [0.29, 0.717) is 11.1 Å². The van der Waals surface area contributed by atoms with E-state index in [1.54, 1.807) is 6.20 Å². The fourth-order valence-electron chi connectivity index (χ4n) is 2.76. The monoisotopic (exact) mass is 268 g/mol. The van der Waals surface area contributed by atoms with Gasteiger partial charge in [0.05, 0.1) is 11.9 Å². The van der Waals surface area contributed by atoms with Crippen LogP contribution in [0.15, 0.2) is 6.20 Å². The van der Waals surface area contributed by atoms with Crippen molar-refractivity contribution < 1.29 is 0 Å². The Bertz CT molecular complexity index is 407. The number of rotatable bonds is 3. The fraction of sp³-hybridized carbons (Fsp3) is 0.692. The van der Waals surface area contributed by atoms with E-state index in [0.717, 1.165) is 18.9 Å². The number of hydrogen-bond acceptors (Lipinski definition) is 4. The molecule has 0 saturated carbocycles. The van der Waals surface area contributed by atoms with Crippen LogP contribution in [0.4, 0.5) is 11.5 Å². The van der Waals surface area contributed by atoms with Gasteiger partial charge in [-0.25, -0.2) is 4.98 Å². The number of nitrogen functional groups attached to an aromatic ring is 1. The Morgan fingerprint density at radius 1 is 1.33 bits per heavy atom. The molecule has 2 rings (SSSR count). The largest absolute Gasteiger partial charge is 0.394 e. The summed E-state index contributed by atoms with van der Waals surface area (Å²) in [6, 6.07) is 0. The lowest BCUT2D eigenvalue weighted by Crippen LogP contribution is -2.40. The molecular weight excluding hydrogens is 248 g/mol. The minimum Gasteiger partial charge on any atom is -0.394 e. The zero-order valence-corrected chi connectivity index (χ0v) is 11.9. The minimum atomic E-state index is 0.266. The molecular formula is C13H21ClN4. The second-order valence-electron chi connectivity index (χ2n) is 5.11. The molecule has 1 aromatic heterocycles. The first-order chi connectivity index (χ1) is 8.60. The molecule has 0 radical (unpaired) electrons. The molecule has 0 unspecified atom stereocenters. The third-order valence-corrected chi connectivity index (χ3v) is 4.57. The van der Waals surface area contributed by atoms with Crippen LogP contribution in [0, 0.1) is 5.41 Å². The van der Waals surface area contributed by atoms with Crippen LogP contribution in [0.25, 0.3) is 0 Å². The van der Waals surface area contributed by atoms with Crippen molar-refractivity contribution in [2.75, 3.05) is 23.7 Å². The maximum absolute atomic E-state index is 5.93. The summed E-state index contributed by atoms with van der Waals surface area (Å²) >= 11 is 5.84. The summed E-state index contributed by atoms with van der Waals surface area (Å²) in [4.78, 5) is 10.4.